The zero-order chi connectivity index (χ0) is 17.5. The first kappa shape index (κ1) is 18.3. The predicted molar refractivity (Wildman–Crippen MR) is 94.0 cm³/mol. The molecule has 2 aromatic rings. The van der Waals surface area contributed by atoms with Crippen molar-refractivity contribution < 1.29 is 13.5 Å². The summed E-state index contributed by atoms with van der Waals surface area (Å²) in [6.45, 7) is 6.18. The Morgan fingerprint density at radius 3 is 2.62 bits per heavy atom. The Balaban J connectivity index is 1.82. The Bertz CT molecular complexity index is 695. The van der Waals surface area contributed by atoms with E-state index in [4.69, 9.17) is 4.52 Å². The van der Waals surface area contributed by atoms with Crippen LogP contribution in [0.25, 0.3) is 0 Å². The van der Waals surface area contributed by atoms with Crippen LogP contribution in [0.1, 0.15) is 38.0 Å². The average molecular weight is 349 g/mol. The van der Waals surface area contributed by atoms with E-state index in [1.165, 1.54) is 5.56 Å². The lowest BCUT2D eigenvalue weighted by atomic mass is 10.1. The van der Waals surface area contributed by atoms with Gasteiger partial charge in [-0.2, -0.15) is 4.98 Å². The largest absolute Gasteiger partial charge is 0.339 e. The van der Waals surface area contributed by atoms with Crippen molar-refractivity contribution in [2.75, 3.05) is 11.1 Å². The molecule has 0 aliphatic rings. The fourth-order valence-corrected chi connectivity index (χ4v) is 3.01. The molecule has 1 unspecified atom stereocenters. The number of benzene rings is 1. The molecule has 6 nitrogen and oxygen atoms in total. The number of nitrogens with zero attached hydrogens (tertiary/aromatic N) is 2. The van der Waals surface area contributed by atoms with Gasteiger partial charge in [0.25, 0.3) is 0 Å². The molecule has 1 aromatic carbocycles. The average Bonchev–Trinajstić information content (AvgIpc) is 2.93. The lowest BCUT2D eigenvalue weighted by Gasteiger charge is -2.05. The van der Waals surface area contributed by atoms with Crippen LogP contribution in [0.2, 0.25) is 0 Å². The number of carbonyl (C=O) groups excluding carboxylic acids is 1. The molecular weight excluding hydrogens is 326 g/mol. The van der Waals surface area contributed by atoms with Crippen LogP contribution in [0, 0.1) is 5.92 Å². The van der Waals surface area contributed by atoms with Crippen molar-refractivity contribution in [2.24, 2.45) is 5.92 Å². The van der Waals surface area contributed by atoms with E-state index in [0.29, 0.717) is 29.7 Å². The van der Waals surface area contributed by atoms with Gasteiger partial charge in [-0.05, 0) is 30.0 Å². The Hall–Kier alpha value is -2.02. The Morgan fingerprint density at radius 2 is 2.00 bits per heavy atom. The molecule has 0 bridgehead atoms. The van der Waals surface area contributed by atoms with Crippen molar-refractivity contribution in [2.45, 2.75) is 39.4 Å². The maximum atomic E-state index is 12.1. The maximum absolute atomic E-state index is 12.1. The predicted octanol–water partition coefficient (Wildman–Crippen LogP) is 2.72. The number of nitrogens with one attached hydrogen (secondary N) is 1. The molecule has 0 aliphatic carbocycles. The van der Waals surface area contributed by atoms with E-state index in [9.17, 15) is 9.00 Å². The third-order valence-corrected chi connectivity index (χ3v) is 4.49. The molecule has 1 aromatic heterocycles. The Morgan fingerprint density at radius 1 is 1.29 bits per heavy atom. The van der Waals surface area contributed by atoms with Crippen molar-refractivity contribution in [1.29, 1.82) is 0 Å². The lowest BCUT2D eigenvalue weighted by molar-refractivity contribution is -0.113. The zero-order valence-corrected chi connectivity index (χ0v) is 15.1. The van der Waals surface area contributed by atoms with E-state index in [2.05, 4.69) is 36.2 Å². The highest BCUT2D eigenvalue weighted by Gasteiger charge is 2.14. The van der Waals surface area contributed by atoms with Crippen LogP contribution in [0.5, 0.6) is 0 Å². The molecule has 2 rings (SSSR count). The van der Waals surface area contributed by atoms with E-state index in [1.54, 1.807) is 0 Å². The van der Waals surface area contributed by atoms with Crippen molar-refractivity contribution in [3.63, 3.8) is 0 Å². The molecule has 0 fully saturated rings. The molecule has 1 heterocycles. The number of amides is 1. The molecule has 0 aliphatic heterocycles. The molecule has 1 amide bonds. The fourth-order valence-electron chi connectivity index (χ4n) is 2.14. The molecule has 0 saturated heterocycles. The van der Waals surface area contributed by atoms with Crippen molar-refractivity contribution >= 4 is 22.4 Å². The molecular formula is C17H23N3O3S. The van der Waals surface area contributed by atoms with Gasteiger partial charge in [0.2, 0.25) is 11.8 Å². The minimum Gasteiger partial charge on any atom is -0.339 e. The summed E-state index contributed by atoms with van der Waals surface area (Å²) in [6.07, 6.45) is 1.63. The van der Waals surface area contributed by atoms with Gasteiger partial charge in [0.15, 0.2) is 5.82 Å². The molecule has 7 heteroatoms. The normalized spacial score (nSPS) is 12.3. The zero-order valence-electron chi connectivity index (χ0n) is 14.2. The summed E-state index contributed by atoms with van der Waals surface area (Å²) < 4.78 is 17.2. The van der Waals surface area contributed by atoms with E-state index >= 15 is 0 Å². The van der Waals surface area contributed by atoms with Crippen LogP contribution in [0.15, 0.2) is 28.8 Å². The monoisotopic (exact) mass is 349 g/mol. The summed E-state index contributed by atoms with van der Waals surface area (Å²) in [4.78, 5) is 16.1. The van der Waals surface area contributed by atoms with Gasteiger partial charge in [0.1, 0.15) is 5.75 Å². The quantitative estimate of drug-likeness (QED) is 0.792. The van der Waals surface area contributed by atoms with Gasteiger partial charge in [-0.1, -0.05) is 38.1 Å². The highest BCUT2D eigenvalue weighted by Crippen LogP contribution is 2.10. The summed E-state index contributed by atoms with van der Waals surface area (Å²) >= 11 is 0. The second-order valence-corrected chi connectivity index (χ2v) is 7.49. The second kappa shape index (κ2) is 8.73. The lowest BCUT2D eigenvalue weighted by Crippen LogP contribution is -2.20. The number of hydrogen-bond donors (Lipinski definition) is 1. The molecule has 0 saturated carbocycles. The van der Waals surface area contributed by atoms with E-state index in [0.717, 1.165) is 6.42 Å². The van der Waals surface area contributed by atoms with Gasteiger partial charge >= 0.3 is 0 Å². The third kappa shape index (κ3) is 5.88. The standard InChI is InChI=1S/C17H23N3O3S/c1-4-13-5-7-14(8-6-13)18-16(21)11-24(22)10-15-19-17(23-20-15)9-12(2)3/h5-8,12H,4,9-11H2,1-3H3,(H,18,21). The van der Waals surface area contributed by atoms with E-state index in [1.807, 2.05) is 24.3 Å². The number of hydrogen-bond acceptors (Lipinski definition) is 5. The van der Waals surface area contributed by atoms with Crippen LogP contribution in [0.4, 0.5) is 5.69 Å². The van der Waals surface area contributed by atoms with E-state index in [-0.39, 0.29) is 17.4 Å². The summed E-state index contributed by atoms with van der Waals surface area (Å²) in [5.41, 5.74) is 1.90. The molecule has 1 N–H and O–H groups in total. The van der Waals surface area contributed by atoms with Crippen molar-refractivity contribution in [3.8, 4) is 0 Å². The minimum atomic E-state index is -1.38. The first-order valence-electron chi connectivity index (χ1n) is 8.01. The smallest absolute Gasteiger partial charge is 0.237 e. The molecule has 24 heavy (non-hydrogen) atoms. The first-order valence-corrected chi connectivity index (χ1v) is 9.50. The molecule has 0 radical (unpaired) electrons. The highest BCUT2D eigenvalue weighted by atomic mass is 32.2. The van der Waals surface area contributed by atoms with Gasteiger partial charge in [0.05, 0.1) is 5.75 Å². The summed E-state index contributed by atoms with van der Waals surface area (Å²) in [7, 11) is -1.38. The van der Waals surface area contributed by atoms with Gasteiger partial charge in [-0.15, -0.1) is 0 Å². The fraction of sp³-hybridized carbons (Fsp3) is 0.471. The Kier molecular flexibility index (Phi) is 6.66. The van der Waals surface area contributed by atoms with Crippen LogP contribution in [-0.4, -0.2) is 26.0 Å². The number of rotatable bonds is 8. The topological polar surface area (TPSA) is 85.1 Å². The molecule has 1 atom stereocenters. The third-order valence-electron chi connectivity index (χ3n) is 3.32. The van der Waals surface area contributed by atoms with Crippen molar-refractivity contribution in [3.05, 3.63) is 41.5 Å². The van der Waals surface area contributed by atoms with Crippen molar-refractivity contribution in [1.82, 2.24) is 10.1 Å². The van der Waals surface area contributed by atoms with Gasteiger partial charge in [-0.25, -0.2) is 0 Å². The van der Waals surface area contributed by atoms with Crippen LogP contribution in [0.3, 0.4) is 0 Å². The summed E-state index contributed by atoms with van der Waals surface area (Å²) in [5, 5.41) is 6.55. The SMILES string of the molecule is CCc1ccc(NC(=O)CS(=O)Cc2noc(CC(C)C)n2)cc1. The van der Waals surface area contributed by atoms with Crippen LogP contribution in [-0.2, 0) is 34.2 Å². The molecule has 130 valence electrons. The maximum Gasteiger partial charge on any atom is 0.237 e. The highest BCUT2D eigenvalue weighted by molar-refractivity contribution is 7.84. The first-order chi connectivity index (χ1) is 11.5. The Labute approximate surface area is 144 Å². The summed E-state index contributed by atoms with van der Waals surface area (Å²) in [6, 6.07) is 7.61. The number of anilines is 1. The van der Waals surface area contributed by atoms with E-state index < -0.39 is 10.8 Å². The number of aryl methyl sites for hydroxylation is 1. The van der Waals surface area contributed by atoms with Crippen LogP contribution < -0.4 is 5.32 Å². The summed E-state index contributed by atoms with van der Waals surface area (Å²) in [5.74, 6) is 1.06. The number of carbonyl (C=O) groups is 1. The van der Waals surface area contributed by atoms with Gasteiger partial charge < -0.3 is 9.84 Å². The molecule has 0 spiro atoms. The minimum absolute atomic E-state index is 0.0937. The van der Waals surface area contributed by atoms with Gasteiger partial charge in [-0.3, -0.25) is 9.00 Å². The number of aromatic nitrogens is 2. The van der Waals surface area contributed by atoms with Crippen LogP contribution >= 0.6 is 0 Å². The second-order valence-electron chi connectivity index (χ2n) is 6.03. The van der Waals surface area contributed by atoms with Gasteiger partial charge in [0, 0.05) is 22.9 Å².